The minimum absolute atomic E-state index is 0.451. The summed E-state index contributed by atoms with van der Waals surface area (Å²) in [5, 5.41) is 13.2. The average Bonchev–Trinajstić information content (AvgIpc) is 2.84. The van der Waals surface area contributed by atoms with Crippen molar-refractivity contribution in [2.75, 3.05) is 12.9 Å². The highest BCUT2D eigenvalue weighted by atomic mass is 35.5. The van der Waals surface area contributed by atoms with Crippen LogP contribution in [0.5, 0.6) is 5.75 Å². The zero-order valence-corrected chi connectivity index (χ0v) is 12.8. The fourth-order valence-corrected chi connectivity index (χ4v) is 2.73. The van der Waals surface area contributed by atoms with E-state index in [-0.39, 0.29) is 0 Å². The summed E-state index contributed by atoms with van der Waals surface area (Å²) in [6, 6.07) is 3.34. The Hall–Kier alpha value is -0.980. The lowest BCUT2D eigenvalue weighted by molar-refractivity contribution is 0.414. The first-order chi connectivity index (χ1) is 9.17. The number of hydrogen-bond acceptors (Lipinski definition) is 5. The molecule has 102 valence electrons. The van der Waals surface area contributed by atoms with E-state index in [2.05, 4.69) is 22.4 Å². The molecule has 1 aromatic carbocycles. The van der Waals surface area contributed by atoms with Crippen LogP contribution in [-0.4, -0.2) is 33.1 Å². The third kappa shape index (κ3) is 3.13. The molecule has 5 nitrogen and oxygen atoms in total. The topological polar surface area (TPSA) is 52.8 Å². The molecule has 0 aliphatic rings. The maximum absolute atomic E-state index is 6.19. The minimum Gasteiger partial charge on any atom is -0.495 e. The molecule has 0 spiro atoms. The van der Waals surface area contributed by atoms with Gasteiger partial charge in [0.05, 0.1) is 22.8 Å². The number of benzene rings is 1. The van der Waals surface area contributed by atoms with Crippen LogP contribution in [0, 0.1) is 0 Å². The third-order valence-corrected chi connectivity index (χ3v) is 4.05. The van der Waals surface area contributed by atoms with Crippen molar-refractivity contribution in [2.24, 2.45) is 0 Å². The van der Waals surface area contributed by atoms with Crippen molar-refractivity contribution >= 4 is 35.0 Å². The molecular formula is C11H12Cl2N4OS. The first-order valence-corrected chi connectivity index (χ1v) is 7.36. The summed E-state index contributed by atoms with van der Waals surface area (Å²) in [5.41, 5.74) is 0.645. The minimum atomic E-state index is 0.451. The van der Waals surface area contributed by atoms with Crippen LogP contribution in [0.3, 0.4) is 0 Å². The van der Waals surface area contributed by atoms with Gasteiger partial charge in [-0.05, 0) is 22.9 Å². The predicted octanol–water partition coefficient (Wildman–Crippen LogP) is 3.48. The van der Waals surface area contributed by atoms with Crippen molar-refractivity contribution in [3.8, 4) is 11.4 Å². The van der Waals surface area contributed by atoms with Gasteiger partial charge in [-0.1, -0.05) is 41.9 Å². The van der Waals surface area contributed by atoms with E-state index in [9.17, 15) is 0 Å². The lowest BCUT2D eigenvalue weighted by Gasteiger charge is -2.09. The number of nitrogens with zero attached hydrogens (tertiary/aromatic N) is 4. The first kappa shape index (κ1) is 14.4. The van der Waals surface area contributed by atoms with Crippen molar-refractivity contribution in [1.82, 2.24) is 20.2 Å². The Morgan fingerprint density at radius 3 is 2.79 bits per heavy atom. The number of methoxy groups -OCH3 is 1. The fourth-order valence-electron chi connectivity index (χ4n) is 1.45. The van der Waals surface area contributed by atoms with Crippen LogP contribution in [0.4, 0.5) is 0 Å². The van der Waals surface area contributed by atoms with Gasteiger partial charge < -0.3 is 4.74 Å². The van der Waals surface area contributed by atoms with Crippen molar-refractivity contribution in [3.63, 3.8) is 0 Å². The Bertz CT molecular complexity index is 576. The zero-order chi connectivity index (χ0) is 13.8. The van der Waals surface area contributed by atoms with Crippen molar-refractivity contribution < 1.29 is 4.74 Å². The van der Waals surface area contributed by atoms with E-state index in [1.54, 1.807) is 35.7 Å². The van der Waals surface area contributed by atoms with Crippen LogP contribution in [0.2, 0.25) is 10.0 Å². The largest absolute Gasteiger partial charge is 0.495 e. The van der Waals surface area contributed by atoms with Gasteiger partial charge in [-0.3, -0.25) is 0 Å². The van der Waals surface area contributed by atoms with E-state index >= 15 is 0 Å². The highest BCUT2D eigenvalue weighted by Crippen LogP contribution is 2.33. The quantitative estimate of drug-likeness (QED) is 0.790. The van der Waals surface area contributed by atoms with Gasteiger partial charge in [0.25, 0.3) is 0 Å². The fraction of sp³-hybridized carbons (Fsp3) is 0.364. The summed E-state index contributed by atoms with van der Waals surface area (Å²) in [6.45, 7) is 2.10. The number of hydrogen-bond donors (Lipinski definition) is 0. The summed E-state index contributed by atoms with van der Waals surface area (Å²) in [4.78, 5) is 0. The molecule has 0 N–H and O–H groups in total. The molecule has 1 heterocycles. The molecule has 0 atom stereocenters. The van der Waals surface area contributed by atoms with Gasteiger partial charge in [-0.25, -0.2) is 0 Å². The summed E-state index contributed by atoms with van der Waals surface area (Å²) in [6.07, 6.45) is 1.04. The molecule has 0 amide bonds. The monoisotopic (exact) mass is 318 g/mol. The van der Waals surface area contributed by atoms with Crippen molar-refractivity contribution in [3.05, 3.63) is 22.2 Å². The standard InChI is InChI=1S/C11H12Cl2N4OS/c1-3-4-19-11-14-15-16-17(11)9-6-10(18-2)8(13)5-7(9)12/h5-6H,3-4H2,1-2H3. The van der Waals surface area contributed by atoms with Crippen LogP contribution in [-0.2, 0) is 0 Å². The maximum atomic E-state index is 6.19. The van der Waals surface area contributed by atoms with Gasteiger partial charge in [0.1, 0.15) is 5.75 Å². The van der Waals surface area contributed by atoms with Gasteiger partial charge in [0.15, 0.2) is 0 Å². The number of ether oxygens (including phenoxy) is 1. The summed E-state index contributed by atoms with van der Waals surface area (Å²) < 4.78 is 6.77. The maximum Gasteiger partial charge on any atom is 0.214 e. The number of thioether (sulfide) groups is 1. The molecule has 0 aliphatic heterocycles. The van der Waals surface area contributed by atoms with Gasteiger partial charge >= 0.3 is 0 Å². The number of tetrazole rings is 1. The van der Waals surface area contributed by atoms with Gasteiger partial charge in [-0.15, -0.1) is 5.10 Å². The number of rotatable bonds is 5. The summed E-state index contributed by atoms with van der Waals surface area (Å²) in [7, 11) is 1.55. The summed E-state index contributed by atoms with van der Waals surface area (Å²) in [5.74, 6) is 1.46. The molecule has 19 heavy (non-hydrogen) atoms. The molecule has 2 aromatic rings. The predicted molar refractivity (Wildman–Crippen MR) is 76.7 cm³/mol. The Morgan fingerprint density at radius 2 is 2.11 bits per heavy atom. The van der Waals surface area contributed by atoms with E-state index < -0.39 is 0 Å². The number of aromatic nitrogens is 4. The van der Waals surface area contributed by atoms with Crippen molar-refractivity contribution in [2.45, 2.75) is 18.5 Å². The highest BCUT2D eigenvalue weighted by molar-refractivity contribution is 7.99. The van der Waals surface area contributed by atoms with E-state index in [0.717, 1.165) is 12.2 Å². The van der Waals surface area contributed by atoms with Gasteiger partial charge in [0.2, 0.25) is 5.16 Å². The average molecular weight is 319 g/mol. The molecular weight excluding hydrogens is 307 g/mol. The van der Waals surface area contributed by atoms with Crippen LogP contribution in [0.25, 0.3) is 5.69 Å². The first-order valence-electron chi connectivity index (χ1n) is 5.62. The second-order valence-electron chi connectivity index (χ2n) is 3.66. The lowest BCUT2D eigenvalue weighted by Crippen LogP contribution is -2.01. The molecule has 2 rings (SSSR count). The van der Waals surface area contributed by atoms with Crippen molar-refractivity contribution in [1.29, 1.82) is 0 Å². The normalized spacial score (nSPS) is 10.7. The van der Waals surface area contributed by atoms with Crippen LogP contribution < -0.4 is 4.74 Å². The molecule has 0 bridgehead atoms. The highest BCUT2D eigenvalue weighted by Gasteiger charge is 2.15. The van der Waals surface area contributed by atoms with Crippen LogP contribution in [0.1, 0.15) is 13.3 Å². The Labute approximate surface area is 125 Å². The van der Waals surface area contributed by atoms with E-state index in [1.165, 1.54) is 0 Å². The molecule has 0 saturated carbocycles. The zero-order valence-electron chi connectivity index (χ0n) is 10.4. The second-order valence-corrected chi connectivity index (χ2v) is 5.54. The molecule has 0 fully saturated rings. The Balaban J connectivity index is 2.44. The Morgan fingerprint density at radius 1 is 1.32 bits per heavy atom. The molecule has 0 unspecified atom stereocenters. The summed E-state index contributed by atoms with van der Waals surface area (Å²) >= 11 is 13.8. The van der Waals surface area contributed by atoms with E-state index in [4.69, 9.17) is 27.9 Å². The SMILES string of the molecule is CCCSc1nnnn1-c1cc(OC)c(Cl)cc1Cl. The van der Waals surface area contributed by atoms with Crippen LogP contribution in [0.15, 0.2) is 17.3 Å². The number of halogens is 2. The second kappa shape index (κ2) is 6.45. The molecule has 8 heteroatoms. The molecule has 0 saturated heterocycles. The van der Waals surface area contributed by atoms with Gasteiger partial charge in [0, 0.05) is 11.8 Å². The third-order valence-electron chi connectivity index (χ3n) is 2.33. The smallest absolute Gasteiger partial charge is 0.214 e. The van der Waals surface area contributed by atoms with E-state index in [0.29, 0.717) is 26.6 Å². The van der Waals surface area contributed by atoms with E-state index in [1.807, 2.05) is 0 Å². The Kier molecular flexibility index (Phi) is 4.90. The lowest BCUT2D eigenvalue weighted by atomic mass is 10.3. The van der Waals surface area contributed by atoms with Crippen LogP contribution >= 0.6 is 35.0 Å². The van der Waals surface area contributed by atoms with Gasteiger partial charge in [-0.2, -0.15) is 4.68 Å². The molecule has 0 aliphatic carbocycles. The molecule has 0 radical (unpaired) electrons. The molecule has 1 aromatic heterocycles.